The topological polar surface area (TPSA) is 72.1 Å². The van der Waals surface area contributed by atoms with Gasteiger partial charge in [-0.1, -0.05) is 0 Å². The van der Waals surface area contributed by atoms with Gasteiger partial charge in [0.05, 0.1) is 11.3 Å². The highest BCUT2D eigenvalue weighted by Crippen LogP contribution is 2.16. The van der Waals surface area contributed by atoms with E-state index in [1.165, 1.54) is 4.90 Å². The van der Waals surface area contributed by atoms with Crippen LogP contribution in [0.25, 0.3) is 0 Å². The zero-order valence-electron chi connectivity index (χ0n) is 8.83. The van der Waals surface area contributed by atoms with Gasteiger partial charge in [-0.15, -0.1) is 5.10 Å². The molecule has 0 aliphatic heterocycles. The fourth-order valence-corrected chi connectivity index (χ4v) is 1.12. The molecule has 1 aromatic heterocycles. The number of nitrogen functional groups attached to an aromatic ring is 1. The maximum absolute atomic E-state index is 11.7. The van der Waals surface area contributed by atoms with E-state index in [2.05, 4.69) is 10.2 Å². The molecule has 5 nitrogen and oxygen atoms in total. The molecule has 0 unspecified atom stereocenters. The highest BCUT2D eigenvalue weighted by molar-refractivity contribution is 5.99. The predicted molar refractivity (Wildman–Crippen MR) is 53.9 cm³/mol. The van der Waals surface area contributed by atoms with Crippen LogP contribution in [0.5, 0.6) is 0 Å². The molecular formula is C9H14N4O. The Morgan fingerprint density at radius 3 is 2.36 bits per heavy atom. The molecule has 1 rings (SSSR count). The van der Waals surface area contributed by atoms with Gasteiger partial charge in [0.15, 0.2) is 5.82 Å². The Kier molecular flexibility index (Phi) is 2.69. The van der Waals surface area contributed by atoms with Gasteiger partial charge >= 0.3 is 0 Å². The van der Waals surface area contributed by atoms with E-state index >= 15 is 0 Å². The van der Waals surface area contributed by atoms with Crippen LogP contribution in [-0.4, -0.2) is 35.1 Å². The third-order valence-corrected chi connectivity index (χ3v) is 2.10. The Balaban J connectivity index is 3.33. The van der Waals surface area contributed by atoms with Crippen molar-refractivity contribution in [3.8, 4) is 0 Å². The molecule has 0 saturated carbocycles. The van der Waals surface area contributed by atoms with Crippen molar-refractivity contribution in [2.24, 2.45) is 0 Å². The van der Waals surface area contributed by atoms with Crippen LogP contribution in [-0.2, 0) is 0 Å². The number of aryl methyl sites for hydroxylation is 1. The maximum Gasteiger partial charge on any atom is 0.257 e. The Bertz CT molecular complexity index is 373. The van der Waals surface area contributed by atoms with E-state index in [9.17, 15) is 4.79 Å². The van der Waals surface area contributed by atoms with E-state index < -0.39 is 0 Å². The lowest BCUT2D eigenvalue weighted by Crippen LogP contribution is -2.25. The molecule has 0 spiro atoms. The standard InChI is InChI=1S/C9H14N4O/c1-5-6(2)11-12-8(10)7(5)9(14)13(3)4/h1-4H3,(H2,10,12). The van der Waals surface area contributed by atoms with Crippen molar-refractivity contribution in [3.05, 3.63) is 16.8 Å². The number of nitrogens with zero attached hydrogens (tertiary/aromatic N) is 3. The second-order valence-electron chi connectivity index (χ2n) is 3.37. The molecule has 0 aliphatic rings. The van der Waals surface area contributed by atoms with Crippen LogP contribution >= 0.6 is 0 Å². The third-order valence-electron chi connectivity index (χ3n) is 2.10. The smallest absolute Gasteiger partial charge is 0.257 e. The Labute approximate surface area is 82.9 Å². The van der Waals surface area contributed by atoms with E-state index in [1.807, 2.05) is 6.92 Å². The number of aromatic nitrogens is 2. The summed E-state index contributed by atoms with van der Waals surface area (Å²) in [7, 11) is 3.36. The van der Waals surface area contributed by atoms with Gasteiger partial charge in [0, 0.05) is 14.1 Å². The molecule has 0 fully saturated rings. The van der Waals surface area contributed by atoms with Crippen molar-refractivity contribution in [2.75, 3.05) is 19.8 Å². The van der Waals surface area contributed by atoms with Crippen LogP contribution in [0.4, 0.5) is 5.82 Å². The first kappa shape index (κ1) is 10.4. The van der Waals surface area contributed by atoms with Crippen molar-refractivity contribution in [1.82, 2.24) is 15.1 Å². The normalized spacial score (nSPS) is 10.0. The summed E-state index contributed by atoms with van der Waals surface area (Å²) >= 11 is 0. The first-order valence-corrected chi connectivity index (χ1v) is 4.26. The molecule has 0 radical (unpaired) electrons. The second-order valence-corrected chi connectivity index (χ2v) is 3.37. The average Bonchev–Trinajstić information content (AvgIpc) is 2.12. The fourth-order valence-electron chi connectivity index (χ4n) is 1.12. The van der Waals surface area contributed by atoms with E-state index in [0.717, 1.165) is 11.3 Å². The fraction of sp³-hybridized carbons (Fsp3) is 0.444. The number of anilines is 1. The first-order chi connectivity index (χ1) is 6.45. The van der Waals surface area contributed by atoms with Crippen LogP contribution < -0.4 is 5.73 Å². The third kappa shape index (κ3) is 1.66. The van der Waals surface area contributed by atoms with Gasteiger partial charge in [-0.25, -0.2) is 0 Å². The van der Waals surface area contributed by atoms with Crippen molar-refractivity contribution in [1.29, 1.82) is 0 Å². The maximum atomic E-state index is 11.7. The average molecular weight is 194 g/mol. The Morgan fingerprint density at radius 1 is 1.29 bits per heavy atom. The molecule has 0 atom stereocenters. The summed E-state index contributed by atoms with van der Waals surface area (Å²) in [6.07, 6.45) is 0. The number of hydrogen-bond donors (Lipinski definition) is 1. The lowest BCUT2D eigenvalue weighted by atomic mass is 10.1. The minimum absolute atomic E-state index is 0.141. The van der Waals surface area contributed by atoms with Gasteiger partial charge in [0.25, 0.3) is 5.91 Å². The summed E-state index contributed by atoms with van der Waals surface area (Å²) in [6, 6.07) is 0. The molecule has 0 bridgehead atoms. The van der Waals surface area contributed by atoms with Crippen LogP contribution in [0.2, 0.25) is 0 Å². The quantitative estimate of drug-likeness (QED) is 0.701. The largest absolute Gasteiger partial charge is 0.382 e. The van der Waals surface area contributed by atoms with Crippen LogP contribution in [0, 0.1) is 13.8 Å². The number of nitrogens with two attached hydrogens (primary N) is 1. The second kappa shape index (κ2) is 3.61. The SMILES string of the molecule is Cc1nnc(N)c(C(=O)N(C)C)c1C. The molecule has 1 amide bonds. The Hall–Kier alpha value is -1.65. The van der Waals surface area contributed by atoms with Crippen molar-refractivity contribution < 1.29 is 4.79 Å². The lowest BCUT2D eigenvalue weighted by molar-refractivity contribution is 0.0827. The van der Waals surface area contributed by atoms with Crippen molar-refractivity contribution >= 4 is 11.7 Å². The monoisotopic (exact) mass is 194 g/mol. The molecule has 2 N–H and O–H groups in total. The molecule has 14 heavy (non-hydrogen) atoms. The summed E-state index contributed by atoms with van der Waals surface area (Å²) in [5, 5.41) is 7.56. The number of carbonyl (C=O) groups excluding carboxylic acids is 1. The van der Waals surface area contributed by atoms with E-state index in [0.29, 0.717) is 5.56 Å². The highest BCUT2D eigenvalue weighted by Gasteiger charge is 2.17. The van der Waals surface area contributed by atoms with E-state index in [-0.39, 0.29) is 11.7 Å². The first-order valence-electron chi connectivity index (χ1n) is 4.26. The molecule has 1 aromatic rings. The van der Waals surface area contributed by atoms with Crippen LogP contribution in [0.1, 0.15) is 21.6 Å². The summed E-state index contributed by atoms with van der Waals surface area (Å²) in [4.78, 5) is 13.2. The molecule has 0 aliphatic carbocycles. The molecule has 0 saturated heterocycles. The van der Waals surface area contributed by atoms with Crippen molar-refractivity contribution in [2.45, 2.75) is 13.8 Å². The number of amides is 1. The van der Waals surface area contributed by atoms with Gasteiger partial charge in [0.2, 0.25) is 0 Å². The van der Waals surface area contributed by atoms with Crippen LogP contribution in [0.3, 0.4) is 0 Å². The Morgan fingerprint density at radius 2 is 1.86 bits per heavy atom. The molecule has 76 valence electrons. The van der Waals surface area contributed by atoms with Gasteiger partial charge in [-0.3, -0.25) is 4.79 Å². The van der Waals surface area contributed by atoms with Crippen molar-refractivity contribution in [3.63, 3.8) is 0 Å². The highest BCUT2D eigenvalue weighted by atomic mass is 16.2. The van der Waals surface area contributed by atoms with Gasteiger partial charge in [-0.2, -0.15) is 5.10 Å². The van der Waals surface area contributed by atoms with E-state index in [4.69, 9.17) is 5.73 Å². The summed E-state index contributed by atoms with van der Waals surface area (Å²) in [5.41, 5.74) is 7.57. The summed E-state index contributed by atoms with van der Waals surface area (Å²) in [6.45, 7) is 3.62. The molecule has 0 aromatic carbocycles. The number of carbonyl (C=O) groups is 1. The predicted octanol–water partition coefficient (Wildman–Crippen LogP) is 0.377. The molecule has 1 heterocycles. The van der Waals surface area contributed by atoms with Crippen LogP contribution in [0.15, 0.2) is 0 Å². The lowest BCUT2D eigenvalue weighted by Gasteiger charge is -2.14. The zero-order valence-corrected chi connectivity index (χ0v) is 8.83. The molecule has 5 heteroatoms. The van der Waals surface area contributed by atoms with E-state index in [1.54, 1.807) is 21.0 Å². The van der Waals surface area contributed by atoms with Gasteiger partial charge in [0.1, 0.15) is 0 Å². The van der Waals surface area contributed by atoms with Gasteiger partial charge < -0.3 is 10.6 Å². The molecular weight excluding hydrogens is 180 g/mol. The number of hydrogen-bond acceptors (Lipinski definition) is 4. The summed E-state index contributed by atoms with van der Waals surface area (Å²) < 4.78 is 0. The zero-order chi connectivity index (χ0) is 10.9. The number of rotatable bonds is 1. The minimum Gasteiger partial charge on any atom is -0.382 e. The van der Waals surface area contributed by atoms with Gasteiger partial charge in [-0.05, 0) is 19.4 Å². The minimum atomic E-state index is -0.141. The summed E-state index contributed by atoms with van der Waals surface area (Å²) in [5.74, 6) is 0.0461.